The highest BCUT2D eigenvalue weighted by Crippen LogP contribution is 2.39. The van der Waals surface area contributed by atoms with Crippen molar-refractivity contribution in [2.45, 2.75) is 33.2 Å². The van der Waals surface area contributed by atoms with E-state index in [4.69, 9.17) is 21.1 Å². The Hall–Kier alpha value is -3.90. The van der Waals surface area contributed by atoms with Gasteiger partial charge < -0.3 is 9.84 Å². The monoisotopic (exact) mass is 484 g/mol. The summed E-state index contributed by atoms with van der Waals surface area (Å²) in [7, 11) is 0. The lowest BCUT2D eigenvalue weighted by atomic mass is 9.94. The van der Waals surface area contributed by atoms with Crippen molar-refractivity contribution in [3.63, 3.8) is 0 Å². The standard InChI is InChI=1S/C28H25ClN4O2/c1-4-19-11-13-21(14-12-19)26-31-27(35-32-26)24-18(3)33(22-15-10-17(2)23(29)16-22)28(34)30-25(24)20-8-6-5-7-9-20/h5-16,25H,4H2,1-3H3,(H,30,34). The minimum atomic E-state index is -0.448. The zero-order chi connectivity index (χ0) is 24.5. The number of nitrogens with one attached hydrogen (secondary N) is 1. The number of hydrogen-bond acceptors (Lipinski definition) is 4. The van der Waals surface area contributed by atoms with Gasteiger partial charge in [0, 0.05) is 16.3 Å². The highest BCUT2D eigenvalue weighted by Gasteiger charge is 2.36. The Balaban J connectivity index is 1.63. The minimum Gasteiger partial charge on any atom is -0.334 e. The molecule has 35 heavy (non-hydrogen) atoms. The number of anilines is 1. The number of allylic oxidation sites excluding steroid dienone is 1. The number of aromatic nitrogens is 2. The topological polar surface area (TPSA) is 71.3 Å². The van der Waals surface area contributed by atoms with E-state index in [9.17, 15) is 4.79 Å². The van der Waals surface area contributed by atoms with Crippen LogP contribution in [0.25, 0.3) is 17.0 Å². The molecule has 1 N–H and O–H groups in total. The smallest absolute Gasteiger partial charge is 0.326 e. The fourth-order valence-electron chi connectivity index (χ4n) is 4.29. The summed E-state index contributed by atoms with van der Waals surface area (Å²) in [5, 5.41) is 7.95. The summed E-state index contributed by atoms with van der Waals surface area (Å²) in [6.07, 6.45) is 0.959. The fraction of sp³-hybridized carbons (Fsp3) is 0.179. The second kappa shape index (κ2) is 9.39. The van der Waals surface area contributed by atoms with E-state index in [-0.39, 0.29) is 6.03 Å². The largest absolute Gasteiger partial charge is 0.334 e. The van der Waals surface area contributed by atoms with E-state index in [0.717, 1.165) is 28.7 Å². The van der Waals surface area contributed by atoms with Crippen molar-refractivity contribution >= 4 is 28.9 Å². The van der Waals surface area contributed by atoms with Crippen LogP contribution in [0.15, 0.2) is 83.0 Å². The molecule has 6 nitrogen and oxygen atoms in total. The molecule has 5 rings (SSSR count). The van der Waals surface area contributed by atoms with Crippen molar-refractivity contribution in [2.24, 2.45) is 0 Å². The number of aryl methyl sites for hydroxylation is 2. The van der Waals surface area contributed by atoms with Gasteiger partial charge in [-0.1, -0.05) is 84.3 Å². The highest BCUT2D eigenvalue weighted by atomic mass is 35.5. The maximum absolute atomic E-state index is 13.3. The average Bonchev–Trinajstić information content (AvgIpc) is 3.36. The molecule has 1 aromatic heterocycles. The summed E-state index contributed by atoms with van der Waals surface area (Å²) in [6.45, 7) is 5.93. The van der Waals surface area contributed by atoms with Gasteiger partial charge >= 0.3 is 6.03 Å². The number of nitrogens with zero attached hydrogens (tertiary/aromatic N) is 3. The van der Waals surface area contributed by atoms with Gasteiger partial charge in [-0.05, 0) is 49.1 Å². The molecule has 0 saturated carbocycles. The van der Waals surface area contributed by atoms with Gasteiger partial charge in [-0.2, -0.15) is 4.98 Å². The number of urea groups is 1. The molecule has 176 valence electrons. The first-order chi connectivity index (χ1) is 17.0. The van der Waals surface area contributed by atoms with Crippen LogP contribution < -0.4 is 10.2 Å². The SMILES string of the molecule is CCc1ccc(-c2noc(C3=C(C)N(c4ccc(C)c(Cl)c4)C(=O)NC3c3ccccc3)n2)cc1. The summed E-state index contributed by atoms with van der Waals surface area (Å²) in [4.78, 5) is 19.6. The van der Waals surface area contributed by atoms with E-state index in [1.165, 1.54) is 5.56 Å². The number of rotatable bonds is 5. The molecule has 0 bridgehead atoms. The molecule has 3 aromatic carbocycles. The molecule has 0 saturated heterocycles. The lowest BCUT2D eigenvalue weighted by molar-refractivity contribution is 0.244. The van der Waals surface area contributed by atoms with Crippen LogP contribution in [0.1, 0.15) is 42.5 Å². The Morgan fingerprint density at radius 2 is 1.77 bits per heavy atom. The lowest BCUT2D eigenvalue weighted by Crippen LogP contribution is -2.46. The van der Waals surface area contributed by atoms with Crippen LogP contribution in [-0.4, -0.2) is 16.2 Å². The van der Waals surface area contributed by atoms with Crippen molar-refractivity contribution < 1.29 is 9.32 Å². The van der Waals surface area contributed by atoms with E-state index in [1.54, 1.807) is 11.0 Å². The van der Waals surface area contributed by atoms with Gasteiger partial charge in [0.25, 0.3) is 5.89 Å². The number of benzene rings is 3. The number of hydrogen-bond donors (Lipinski definition) is 1. The molecule has 0 radical (unpaired) electrons. The maximum Gasteiger partial charge on any atom is 0.326 e. The molecule has 4 aromatic rings. The first kappa shape index (κ1) is 22.9. The van der Waals surface area contributed by atoms with E-state index >= 15 is 0 Å². The molecule has 7 heteroatoms. The van der Waals surface area contributed by atoms with Crippen LogP contribution in [-0.2, 0) is 6.42 Å². The van der Waals surface area contributed by atoms with Gasteiger partial charge in [0.1, 0.15) is 0 Å². The normalized spacial score (nSPS) is 15.9. The molecule has 2 amide bonds. The van der Waals surface area contributed by atoms with E-state index < -0.39 is 6.04 Å². The molecule has 0 aliphatic carbocycles. The van der Waals surface area contributed by atoms with E-state index in [2.05, 4.69) is 29.5 Å². The summed E-state index contributed by atoms with van der Waals surface area (Å²) in [5.41, 5.74) is 6.05. The van der Waals surface area contributed by atoms with Gasteiger partial charge in [0.2, 0.25) is 5.82 Å². The predicted octanol–water partition coefficient (Wildman–Crippen LogP) is 6.96. The first-order valence-electron chi connectivity index (χ1n) is 11.5. The van der Waals surface area contributed by atoms with Crippen molar-refractivity contribution in [1.29, 1.82) is 0 Å². The molecule has 0 fully saturated rings. The van der Waals surface area contributed by atoms with Crippen molar-refractivity contribution in [2.75, 3.05) is 4.90 Å². The highest BCUT2D eigenvalue weighted by molar-refractivity contribution is 6.31. The van der Waals surface area contributed by atoms with Gasteiger partial charge in [-0.3, -0.25) is 4.90 Å². The molecule has 1 unspecified atom stereocenters. The van der Waals surface area contributed by atoms with Gasteiger partial charge in [-0.15, -0.1) is 0 Å². The Kier molecular flexibility index (Phi) is 6.14. The zero-order valence-electron chi connectivity index (χ0n) is 19.7. The Morgan fingerprint density at radius 1 is 1.03 bits per heavy atom. The van der Waals surface area contributed by atoms with Crippen LogP contribution in [0.4, 0.5) is 10.5 Å². The number of amides is 2. The van der Waals surface area contributed by atoms with Crippen LogP contribution in [0, 0.1) is 6.92 Å². The second-order valence-electron chi connectivity index (χ2n) is 8.53. The third-order valence-corrected chi connectivity index (χ3v) is 6.72. The van der Waals surface area contributed by atoms with E-state index in [1.807, 2.05) is 68.4 Å². The Bertz CT molecular complexity index is 1410. The van der Waals surface area contributed by atoms with Crippen LogP contribution in [0.5, 0.6) is 0 Å². The van der Waals surface area contributed by atoms with Crippen LogP contribution in [0.2, 0.25) is 5.02 Å². The molecule has 2 heterocycles. The molecule has 1 atom stereocenters. The van der Waals surface area contributed by atoms with Crippen molar-refractivity contribution in [3.05, 3.63) is 106 Å². The third kappa shape index (κ3) is 4.33. The molecule has 1 aliphatic heterocycles. The average molecular weight is 485 g/mol. The molecular formula is C28H25ClN4O2. The summed E-state index contributed by atoms with van der Waals surface area (Å²) in [6, 6.07) is 22.7. The third-order valence-electron chi connectivity index (χ3n) is 6.31. The number of carbonyl (C=O) groups excluding carboxylic acids is 1. The number of halogens is 1. The molecular weight excluding hydrogens is 460 g/mol. The zero-order valence-corrected chi connectivity index (χ0v) is 20.5. The van der Waals surface area contributed by atoms with Gasteiger partial charge in [0.15, 0.2) is 0 Å². The van der Waals surface area contributed by atoms with Crippen molar-refractivity contribution in [3.8, 4) is 11.4 Å². The van der Waals surface area contributed by atoms with Crippen LogP contribution >= 0.6 is 11.6 Å². The minimum absolute atomic E-state index is 0.255. The number of carbonyl (C=O) groups is 1. The van der Waals surface area contributed by atoms with Crippen molar-refractivity contribution in [1.82, 2.24) is 15.5 Å². The summed E-state index contributed by atoms with van der Waals surface area (Å²) >= 11 is 6.38. The molecule has 0 spiro atoms. The Labute approximate surface area is 209 Å². The van der Waals surface area contributed by atoms with Crippen LogP contribution in [0.3, 0.4) is 0 Å². The van der Waals surface area contributed by atoms with Gasteiger partial charge in [-0.25, -0.2) is 4.79 Å². The quantitative estimate of drug-likeness (QED) is 0.332. The molecule has 1 aliphatic rings. The Morgan fingerprint density at radius 3 is 2.46 bits per heavy atom. The maximum atomic E-state index is 13.3. The predicted molar refractivity (Wildman–Crippen MR) is 138 cm³/mol. The summed E-state index contributed by atoms with van der Waals surface area (Å²) < 4.78 is 5.78. The lowest BCUT2D eigenvalue weighted by Gasteiger charge is -2.35. The summed E-state index contributed by atoms with van der Waals surface area (Å²) in [5.74, 6) is 0.853. The first-order valence-corrected chi connectivity index (χ1v) is 11.9. The van der Waals surface area contributed by atoms with Gasteiger partial charge in [0.05, 0.1) is 17.3 Å². The second-order valence-corrected chi connectivity index (χ2v) is 8.94. The van der Waals surface area contributed by atoms with E-state index in [0.29, 0.717) is 28.1 Å². The fourth-order valence-corrected chi connectivity index (χ4v) is 4.46.